The molecule has 0 fully saturated rings. The number of carbonyl (C=O) groups is 2. The lowest BCUT2D eigenvalue weighted by Crippen LogP contribution is -2.26. The van der Waals surface area contributed by atoms with E-state index in [9.17, 15) is 9.59 Å². The first-order valence-electron chi connectivity index (χ1n) is 4.92. The third-order valence-corrected chi connectivity index (χ3v) is 2.39. The first-order valence-corrected chi connectivity index (χ1v) is 4.92. The lowest BCUT2D eigenvalue weighted by atomic mass is 10.0. The molecule has 1 aromatic carbocycles. The van der Waals surface area contributed by atoms with Crippen molar-refractivity contribution in [1.29, 1.82) is 0 Å². The maximum absolute atomic E-state index is 10.6. The van der Waals surface area contributed by atoms with Crippen molar-refractivity contribution in [3.05, 3.63) is 34.9 Å². The summed E-state index contributed by atoms with van der Waals surface area (Å²) in [5.41, 5.74) is 3.68. The van der Waals surface area contributed by atoms with Gasteiger partial charge in [-0.05, 0) is 37.0 Å². The fourth-order valence-corrected chi connectivity index (χ4v) is 1.33. The van der Waals surface area contributed by atoms with Crippen LogP contribution < -0.4 is 5.32 Å². The van der Waals surface area contributed by atoms with E-state index in [1.807, 2.05) is 6.07 Å². The standard InChI is InChI=1S/C12H15NO2/c1-9-3-4-11(7-10(9)2)5-6-13-12(15)8-14/h3-4,7-8H,5-6H2,1-2H3,(H,13,15). The Morgan fingerprint density at radius 1 is 1.33 bits per heavy atom. The molecule has 1 N–H and O–H groups in total. The van der Waals surface area contributed by atoms with Crippen molar-refractivity contribution in [2.45, 2.75) is 20.3 Å². The number of carbonyl (C=O) groups excluding carboxylic acids is 2. The molecule has 0 aromatic heterocycles. The Labute approximate surface area is 89.5 Å². The largest absolute Gasteiger partial charge is 0.349 e. The highest BCUT2D eigenvalue weighted by molar-refractivity contribution is 6.23. The quantitative estimate of drug-likeness (QED) is 0.592. The van der Waals surface area contributed by atoms with Crippen LogP contribution in [0.4, 0.5) is 0 Å². The van der Waals surface area contributed by atoms with Gasteiger partial charge < -0.3 is 5.32 Å². The van der Waals surface area contributed by atoms with Crippen LogP contribution in [-0.2, 0) is 16.0 Å². The van der Waals surface area contributed by atoms with Gasteiger partial charge >= 0.3 is 0 Å². The second-order valence-electron chi connectivity index (χ2n) is 3.58. The van der Waals surface area contributed by atoms with Gasteiger partial charge in [-0.25, -0.2) is 0 Å². The normalized spacial score (nSPS) is 9.73. The van der Waals surface area contributed by atoms with Crippen LogP contribution in [-0.4, -0.2) is 18.7 Å². The van der Waals surface area contributed by atoms with Crippen LogP contribution in [0.1, 0.15) is 16.7 Å². The van der Waals surface area contributed by atoms with Gasteiger partial charge in [-0.2, -0.15) is 0 Å². The van der Waals surface area contributed by atoms with Gasteiger partial charge in [-0.15, -0.1) is 0 Å². The predicted molar refractivity (Wildman–Crippen MR) is 58.7 cm³/mol. The molecule has 0 saturated carbocycles. The van der Waals surface area contributed by atoms with E-state index in [0.29, 0.717) is 12.8 Å². The molecule has 0 radical (unpaired) electrons. The van der Waals surface area contributed by atoms with E-state index in [-0.39, 0.29) is 0 Å². The van der Waals surface area contributed by atoms with Gasteiger partial charge in [0.1, 0.15) is 0 Å². The van der Waals surface area contributed by atoms with E-state index in [0.717, 1.165) is 6.42 Å². The number of nitrogens with one attached hydrogen (secondary N) is 1. The smallest absolute Gasteiger partial charge is 0.284 e. The van der Waals surface area contributed by atoms with Crippen LogP contribution in [0.15, 0.2) is 18.2 Å². The molecule has 3 heteroatoms. The zero-order valence-corrected chi connectivity index (χ0v) is 9.04. The van der Waals surface area contributed by atoms with E-state index in [4.69, 9.17) is 0 Å². The van der Waals surface area contributed by atoms with Crippen LogP contribution in [0, 0.1) is 13.8 Å². The second kappa shape index (κ2) is 5.29. The van der Waals surface area contributed by atoms with Crippen LogP contribution in [0.3, 0.4) is 0 Å². The summed E-state index contributed by atoms with van der Waals surface area (Å²) in [4.78, 5) is 20.7. The predicted octanol–water partition coefficient (Wildman–Crippen LogP) is 1.16. The molecule has 1 amide bonds. The van der Waals surface area contributed by atoms with Gasteiger partial charge in [0.15, 0.2) is 0 Å². The zero-order valence-electron chi connectivity index (χ0n) is 9.04. The van der Waals surface area contributed by atoms with Gasteiger partial charge in [0.05, 0.1) is 0 Å². The third kappa shape index (κ3) is 3.54. The molecular formula is C12H15NO2. The minimum atomic E-state index is -0.557. The zero-order chi connectivity index (χ0) is 11.3. The molecule has 1 rings (SSSR count). The van der Waals surface area contributed by atoms with Crippen molar-refractivity contribution in [2.75, 3.05) is 6.54 Å². The Bertz CT molecular complexity index is 372. The molecule has 0 heterocycles. The van der Waals surface area contributed by atoms with Gasteiger partial charge in [0, 0.05) is 6.54 Å². The lowest BCUT2D eigenvalue weighted by Gasteiger charge is -2.05. The molecule has 0 aliphatic carbocycles. The first-order chi connectivity index (χ1) is 7.13. The summed E-state index contributed by atoms with van der Waals surface area (Å²) in [5, 5.41) is 2.51. The highest BCUT2D eigenvalue weighted by atomic mass is 16.2. The van der Waals surface area contributed by atoms with E-state index in [1.165, 1.54) is 16.7 Å². The molecule has 3 nitrogen and oxygen atoms in total. The molecule has 0 saturated heterocycles. The SMILES string of the molecule is Cc1ccc(CCNC(=O)C=O)cc1C. The van der Waals surface area contributed by atoms with Crippen LogP contribution >= 0.6 is 0 Å². The number of amides is 1. The second-order valence-corrected chi connectivity index (χ2v) is 3.58. The molecular weight excluding hydrogens is 190 g/mol. The summed E-state index contributed by atoms with van der Waals surface area (Å²) in [5.74, 6) is -0.557. The molecule has 0 unspecified atom stereocenters. The molecule has 0 spiro atoms. The van der Waals surface area contributed by atoms with Crippen molar-refractivity contribution in [2.24, 2.45) is 0 Å². The van der Waals surface area contributed by atoms with Crippen molar-refractivity contribution >= 4 is 12.2 Å². The Hall–Kier alpha value is -1.64. The van der Waals surface area contributed by atoms with Gasteiger partial charge in [0.2, 0.25) is 6.29 Å². The maximum Gasteiger partial charge on any atom is 0.284 e. The molecule has 0 bridgehead atoms. The number of aryl methyl sites for hydroxylation is 2. The number of rotatable bonds is 4. The lowest BCUT2D eigenvalue weighted by molar-refractivity contribution is -0.131. The van der Waals surface area contributed by atoms with E-state index in [1.54, 1.807) is 0 Å². The Morgan fingerprint density at radius 2 is 2.07 bits per heavy atom. The molecule has 0 aliphatic rings. The fourth-order valence-electron chi connectivity index (χ4n) is 1.33. The summed E-state index contributed by atoms with van der Waals surface area (Å²) in [6, 6.07) is 6.20. The molecule has 80 valence electrons. The summed E-state index contributed by atoms with van der Waals surface area (Å²) in [6.07, 6.45) is 1.04. The Morgan fingerprint density at radius 3 is 2.67 bits per heavy atom. The van der Waals surface area contributed by atoms with Crippen LogP contribution in [0.2, 0.25) is 0 Å². The average molecular weight is 205 g/mol. The van der Waals surface area contributed by atoms with Gasteiger partial charge in [-0.3, -0.25) is 9.59 Å². The monoisotopic (exact) mass is 205 g/mol. The molecule has 0 atom stereocenters. The van der Waals surface area contributed by atoms with Crippen molar-refractivity contribution in [3.63, 3.8) is 0 Å². The minimum Gasteiger partial charge on any atom is -0.349 e. The van der Waals surface area contributed by atoms with Crippen molar-refractivity contribution in [1.82, 2.24) is 5.32 Å². The average Bonchev–Trinajstić information content (AvgIpc) is 2.23. The van der Waals surface area contributed by atoms with Gasteiger partial charge in [-0.1, -0.05) is 18.2 Å². The van der Waals surface area contributed by atoms with Crippen molar-refractivity contribution < 1.29 is 9.59 Å². The Balaban J connectivity index is 2.48. The van der Waals surface area contributed by atoms with Crippen LogP contribution in [0.5, 0.6) is 0 Å². The Kier molecular flexibility index (Phi) is 4.03. The molecule has 0 aliphatic heterocycles. The highest BCUT2D eigenvalue weighted by Crippen LogP contribution is 2.09. The van der Waals surface area contributed by atoms with Crippen LogP contribution in [0.25, 0.3) is 0 Å². The first kappa shape index (κ1) is 11.4. The number of benzene rings is 1. The fraction of sp³-hybridized carbons (Fsp3) is 0.333. The summed E-state index contributed by atoms with van der Waals surface area (Å²) >= 11 is 0. The minimum absolute atomic E-state index is 0.292. The summed E-state index contributed by atoms with van der Waals surface area (Å²) in [6.45, 7) is 4.62. The van der Waals surface area contributed by atoms with E-state index < -0.39 is 5.91 Å². The summed E-state index contributed by atoms with van der Waals surface area (Å²) in [7, 11) is 0. The van der Waals surface area contributed by atoms with E-state index in [2.05, 4.69) is 31.3 Å². The maximum atomic E-state index is 10.6. The number of hydrogen-bond donors (Lipinski definition) is 1. The van der Waals surface area contributed by atoms with Crippen molar-refractivity contribution in [3.8, 4) is 0 Å². The summed E-state index contributed by atoms with van der Waals surface area (Å²) < 4.78 is 0. The third-order valence-electron chi connectivity index (χ3n) is 2.39. The molecule has 15 heavy (non-hydrogen) atoms. The highest BCUT2D eigenvalue weighted by Gasteiger charge is 1.99. The molecule has 1 aromatic rings. The van der Waals surface area contributed by atoms with Gasteiger partial charge in [0.25, 0.3) is 5.91 Å². The topological polar surface area (TPSA) is 46.2 Å². The number of hydrogen-bond acceptors (Lipinski definition) is 2. The van der Waals surface area contributed by atoms with E-state index >= 15 is 0 Å². The number of aldehydes is 1.